The first-order chi connectivity index (χ1) is 8.66. The van der Waals surface area contributed by atoms with Crippen molar-refractivity contribution in [3.05, 3.63) is 28.2 Å². The summed E-state index contributed by atoms with van der Waals surface area (Å²) in [5.74, 6) is 2.13. The zero-order valence-electron chi connectivity index (χ0n) is 9.79. The standard InChI is InChI=1S/C12H14Cl2N2OS/c13-9-2-1-3-10(12(9)14)15-11(17)8-16-4-6-18-7-5-16/h1-3H,4-8H2,(H,15,17). The monoisotopic (exact) mass is 304 g/mol. The van der Waals surface area contributed by atoms with E-state index in [-0.39, 0.29) is 5.91 Å². The Balaban J connectivity index is 1.92. The number of anilines is 1. The van der Waals surface area contributed by atoms with Gasteiger partial charge in [-0.05, 0) is 12.1 Å². The zero-order valence-corrected chi connectivity index (χ0v) is 12.1. The SMILES string of the molecule is O=C(CN1CCSCC1)Nc1cccc(Cl)c1Cl. The summed E-state index contributed by atoms with van der Waals surface area (Å²) in [5.41, 5.74) is 0.570. The normalized spacial score (nSPS) is 16.6. The first-order valence-corrected chi connectivity index (χ1v) is 7.62. The van der Waals surface area contributed by atoms with Crippen LogP contribution in [-0.4, -0.2) is 41.9 Å². The fourth-order valence-corrected chi connectivity index (χ4v) is 3.08. The van der Waals surface area contributed by atoms with Gasteiger partial charge in [-0.2, -0.15) is 11.8 Å². The molecule has 98 valence electrons. The van der Waals surface area contributed by atoms with Gasteiger partial charge in [0.15, 0.2) is 0 Å². The summed E-state index contributed by atoms with van der Waals surface area (Å²) in [4.78, 5) is 14.0. The highest BCUT2D eigenvalue weighted by molar-refractivity contribution is 7.99. The van der Waals surface area contributed by atoms with Crippen LogP contribution in [0.4, 0.5) is 5.69 Å². The Morgan fingerprint density at radius 3 is 2.78 bits per heavy atom. The molecule has 1 heterocycles. The molecule has 0 radical (unpaired) electrons. The Bertz CT molecular complexity index is 436. The highest BCUT2D eigenvalue weighted by Gasteiger charge is 2.15. The summed E-state index contributed by atoms with van der Waals surface area (Å²) in [5, 5.41) is 3.63. The molecule has 1 aliphatic rings. The third-order valence-corrected chi connectivity index (χ3v) is 4.46. The largest absolute Gasteiger partial charge is 0.324 e. The van der Waals surface area contributed by atoms with Gasteiger partial charge in [0.25, 0.3) is 0 Å². The van der Waals surface area contributed by atoms with Crippen LogP contribution in [-0.2, 0) is 4.79 Å². The summed E-state index contributed by atoms with van der Waals surface area (Å²) in [6, 6.07) is 5.21. The Morgan fingerprint density at radius 1 is 1.33 bits per heavy atom. The molecule has 2 rings (SSSR count). The van der Waals surface area contributed by atoms with Crippen molar-refractivity contribution in [2.45, 2.75) is 0 Å². The number of carbonyl (C=O) groups excluding carboxylic acids is 1. The van der Waals surface area contributed by atoms with Crippen molar-refractivity contribution in [1.82, 2.24) is 4.90 Å². The lowest BCUT2D eigenvalue weighted by Crippen LogP contribution is -2.38. The molecule has 1 N–H and O–H groups in total. The minimum Gasteiger partial charge on any atom is -0.324 e. The first-order valence-electron chi connectivity index (χ1n) is 5.71. The lowest BCUT2D eigenvalue weighted by atomic mass is 10.3. The molecule has 3 nitrogen and oxygen atoms in total. The van der Waals surface area contributed by atoms with Crippen LogP contribution >= 0.6 is 35.0 Å². The van der Waals surface area contributed by atoms with E-state index in [1.807, 2.05) is 11.8 Å². The maximum atomic E-state index is 11.9. The van der Waals surface area contributed by atoms with Gasteiger partial charge in [0.05, 0.1) is 22.3 Å². The summed E-state index contributed by atoms with van der Waals surface area (Å²) < 4.78 is 0. The Morgan fingerprint density at radius 2 is 2.06 bits per heavy atom. The van der Waals surface area contributed by atoms with E-state index in [0.717, 1.165) is 24.6 Å². The molecule has 18 heavy (non-hydrogen) atoms. The summed E-state index contributed by atoms with van der Waals surface area (Å²) >= 11 is 13.8. The molecule has 0 bridgehead atoms. The Kier molecular flexibility index (Phi) is 5.18. The topological polar surface area (TPSA) is 32.3 Å². The zero-order chi connectivity index (χ0) is 13.0. The highest BCUT2D eigenvalue weighted by Crippen LogP contribution is 2.29. The van der Waals surface area contributed by atoms with Crippen LogP contribution in [0.2, 0.25) is 10.0 Å². The van der Waals surface area contributed by atoms with Gasteiger partial charge in [0, 0.05) is 24.6 Å². The molecule has 0 unspecified atom stereocenters. The van der Waals surface area contributed by atoms with E-state index in [2.05, 4.69) is 10.2 Å². The molecule has 6 heteroatoms. The molecule has 1 aromatic rings. The second-order valence-corrected chi connectivity index (χ2v) is 6.05. The number of benzene rings is 1. The quantitative estimate of drug-likeness (QED) is 0.932. The van der Waals surface area contributed by atoms with Crippen molar-refractivity contribution in [1.29, 1.82) is 0 Å². The number of halogens is 2. The smallest absolute Gasteiger partial charge is 0.238 e. The van der Waals surface area contributed by atoms with Gasteiger partial charge >= 0.3 is 0 Å². The minimum atomic E-state index is -0.0499. The van der Waals surface area contributed by atoms with Crippen molar-refractivity contribution in [3.8, 4) is 0 Å². The molecule has 1 amide bonds. The number of nitrogens with zero attached hydrogens (tertiary/aromatic N) is 1. The van der Waals surface area contributed by atoms with Crippen molar-refractivity contribution in [3.63, 3.8) is 0 Å². The van der Waals surface area contributed by atoms with Crippen LogP contribution < -0.4 is 5.32 Å². The van der Waals surface area contributed by atoms with E-state index in [1.165, 1.54) is 0 Å². The number of amides is 1. The number of nitrogens with one attached hydrogen (secondary N) is 1. The third kappa shape index (κ3) is 3.79. The van der Waals surface area contributed by atoms with Gasteiger partial charge < -0.3 is 5.32 Å². The predicted molar refractivity (Wildman–Crippen MR) is 78.9 cm³/mol. The van der Waals surface area contributed by atoms with E-state index < -0.39 is 0 Å². The van der Waals surface area contributed by atoms with Crippen LogP contribution in [0.25, 0.3) is 0 Å². The number of carbonyl (C=O) groups is 1. The number of thioether (sulfide) groups is 1. The van der Waals surface area contributed by atoms with Crippen LogP contribution in [0.3, 0.4) is 0 Å². The summed E-state index contributed by atoms with van der Waals surface area (Å²) in [6.45, 7) is 2.33. The van der Waals surface area contributed by atoms with E-state index in [9.17, 15) is 4.79 Å². The van der Waals surface area contributed by atoms with E-state index in [0.29, 0.717) is 22.3 Å². The maximum absolute atomic E-state index is 11.9. The molecule has 0 atom stereocenters. The molecule has 1 saturated heterocycles. The third-order valence-electron chi connectivity index (χ3n) is 2.70. The number of rotatable bonds is 3. The molecular formula is C12H14Cl2N2OS. The van der Waals surface area contributed by atoms with Crippen molar-refractivity contribution in [2.75, 3.05) is 36.5 Å². The second-order valence-electron chi connectivity index (χ2n) is 4.04. The molecule has 1 fully saturated rings. The average Bonchev–Trinajstić information content (AvgIpc) is 2.36. The van der Waals surface area contributed by atoms with Gasteiger partial charge in [0.2, 0.25) is 5.91 Å². The second kappa shape index (κ2) is 6.66. The van der Waals surface area contributed by atoms with Crippen LogP contribution in [0.5, 0.6) is 0 Å². The Labute approximate surface area is 121 Å². The van der Waals surface area contributed by atoms with E-state index in [4.69, 9.17) is 23.2 Å². The minimum absolute atomic E-state index is 0.0499. The molecule has 0 aliphatic carbocycles. The highest BCUT2D eigenvalue weighted by atomic mass is 35.5. The first kappa shape index (κ1) is 14.0. The van der Waals surface area contributed by atoms with Crippen molar-refractivity contribution < 1.29 is 4.79 Å². The summed E-state index contributed by atoms with van der Waals surface area (Å²) in [6.07, 6.45) is 0. The lowest BCUT2D eigenvalue weighted by Gasteiger charge is -2.25. The molecule has 1 aromatic carbocycles. The van der Waals surface area contributed by atoms with Gasteiger partial charge in [-0.3, -0.25) is 9.69 Å². The molecular weight excluding hydrogens is 291 g/mol. The fourth-order valence-electron chi connectivity index (χ4n) is 1.75. The number of hydrogen-bond donors (Lipinski definition) is 1. The van der Waals surface area contributed by atoms with Gasteiger partial charge in [0.1, 0.15) is 0 Å². The number of hydrogen-bond acceptors (Lipinski definition) is 3. The molecule has 0 saturated carbocycles. The predicted octanol–water partition coefficient (Wildman–Crippen LogP) is 2.98. The van der Waals surface area contributed by atoms with Crippen LogP contribution in [0.1, 0.15) is 0 Å². The summed E-state index contributed by atoms with van der Waals surface area (Å²) in [7, 11) is 0. The van der Waals surface area contributed by atoms with Gasteiger partial charge in [-0.1, -0.05) is 29.3 Å². The maximum Gasteiger partial charge on any atom is 0.238 e. The molecule has 0 spiro atoms. The van der Waals surface area contributed by atoms with Gasteiger partial charge in [-0.15, -0.1) is 0 Å². The molecule has 1 aliphatic heterocycles. The van der Waals surface area contributed by atoms with Gasteiger partial charge in [-0.25, -0.2) is 0 Å². The van der Waals surface area contributed by atoms with Crippen LogP contribution in [0, 0.1) is 0 Å². The van der Waals surface area contributed by atoms with E-state index >= 15 is 0 Å². The van der Waals surface area contributed by atoms with Crippen molar-refractivity contribution >= 4 is 46.6 Å². The van der Waals surface area contributed by atoms with Crippen molar-refractivity contribution in [2.24, 2.45) is 0 Å². The van der Waals surface area contributed by atoms with E-state index in [1.54, 1.807) is 18.2 Å². The lowest BCUT2D eigenvalue weighted by molar-refractivity contribution is -0.117. The Hall–Kier alpha value is -0.420. The fraction of sp³-hybridized carbons (Fsp3) is 0.417. The molecule has 0 aromatic heterocycles. The average molecular weight is 305 g/mol. The van der Waals surface area contributed by atoms with Crippen LogP contribution in [0.15, 0.2) is 18.2 Å².